The van der Waals surface area contributed by atoms with Crippen LogP contribution in [0.4, 0.5) is 17.1 Å². The standard InChI is InChI=1S/C10H10ClN3O4.C10H7ClN2O4/c1-6(10(15)18-2)12-13-8-4-3-7(11)5-9(8)14(16)17;1-17-10(14)7-3-5-2-6(11)4-8(13(15)16)9(5)12-7/h3-5,13H,1-2H3;2-4,12H,1H3. The van der Waals surface area contributed by atoms with Crippen molar-refractivity contribution < 1.29 is 28.9 Å². The third-order valence-electron chi connectivity index (χ3n) is 4.26. The number of H-pyrrole nitrogens is 1. The Hall–Kier alpha value is -4.23. The highest BCUT2D eigenvalue weighted by molar-refractivity contribution is 6.35. The molecule has 13 nitrogen and oxygen atoms in total. The number of anilines is 1. The highest BCUT2D eigenvalue weighted by Crippen LogP contribution is 2.30. The predicted octanol–water partition coefficient (Wildman–Crippen LogP) is 4.73. The average molecular weight is 526 g/mol. The Balaban J connectivity index is 0.000000247. The Labute approximate surface area is 206 Å². The van der Waals surface area contributed by atoms with Gasteiger partial charge in [-0.15, -0.1) is 0 Å². The first-order valence-electron chi connectivity index (χ1n) is 9.36. The Bertz CT molecular complexity index is 1340. The van der Waals surface area contributed by atoms with Crippen LogP contribution in [0.25, 0.3) is 10.9 Å². The van der Waals surface area contributed by atoms with Crippen molar-refractivity contribution in [2.75, 3.05) is 19.6 Å². The number of esters is 2. The van der Waals surface area contributed by atoms with E-state index < -0.39 is 21.8 Å². The van der Waals surface area contributed by atoms with Gasteiger partial charge in [-0.25, -0.2) is 9.59 Å². The van der Waals surface area contributed by atoms with Crippen LogP contribution in [0.5, 0.6) is 0 Å². The van der Waals surface area contributed by atoms with E-state index in [1.165, 1.54) is 57.5 Å². The Morgan fingerprint density at radius 3 is 2.17 bits per heavy atom. The van der Waals surface area contributed by atoms with E-state index in [-0.39, 0.29) is 44.0 Å². The first-order valence-corrected chi connectivity index (χ1v) is 10.1. The molecule has 1 heterocycles. The van der Waals surface area contributed by atoms with Crippen LogP contribution in [0.1, 0.15) is 17.4 Å². The van der Waals surface area contributed by atoms with Crippen LogP contribution in [-0.2, 0) is 14.3 Å². The summed E-state index contributed by atoms with van der Waals surface area (Å²) in [6.45, 7) is 1.42. The number of aromatic amines is 1. The molecule has 0 bridgehead atoms. The fourth-order valence-electron chi connectivity index (χ4n) is 2.64. The maximum absolute atomic E-state index is 11.3. The fourth-order valence-corrected chi connectivity index (χ4v) is 3.03. The number of ether oxygens (including phenoxy) is 2. The monoisotopic (exact) mass is 525 g/mol. The minimum absolute atomic E-state index is 0.0433. The van der Waals surface area contributed by atoms with Crippen molar-refractivity contribution in [3.8, 4) is 0 Å². The molecule has 1 aromatic heterocycles. The Morgan fingerprint density at radius 2 is 1.60 bits per heavy atom. The zero-order valence-corrected chi connectivity index (χ0v) is 19.8. The summed E-state index contributed by atoms with van der Waals surface area (Å²) in [5.74, 6) is -1.22. The van der Waals surface area contributed by atoms with Gasteiger partial charge in [0.25, 0.3) is 11.4 Å². The van der Waals surface area contributed by atoms with Gasteiger partial charge in [0.05, 0.1) is 24.1 Å². The SMILES string of the molecule is COC(=O)C(C)=NNc1ccc(Cl)cc1[N+](=O)[O-].COC(=O)c1cc2cc(Cl)cc([N+](=O)[O-])c2[nH]1. The lowest BCUT2D eigenvalue weighted by atomic mass is 10.2. The second-order valence-electron chi connectivity index (χ2n) is 6.54. The molecule has 0 aliphatic carbocycles. The largest absolute Gasteiger partial charge is 0.464 e. The molecule has 0 aliphatic rings. The molecule has 0 radical (unpaired) electrons. The number of nitro groups is 2. The van der Waals surface area contributed by atoms with Crippen LogP contribution in [-0.4, -0.2) is 46.7 Å². The van der Waals surface area contributed by atoms with Crippen LogP contribution in [0.3, 0.4) is 0 Å². The van der Waals surface area contributed by atoms with Crippen LogP contribution in [0.2, 0.25) is 10.0 Å². The number of rotatable bonds is 6. The first kappa shape index (κ1) is 27.0. The number of nitro benzene ring substituents is 2. The predicted molar refractivity (Wildman–Crippen MR) is 128 cm³/mol. The van der Waals surface area contributed by atoms with Crippen LogP contribution < -0.4 is 5.43 Å². The topological polar surface area (TPSA) is 179 Å². The second kappa shape index (κ2) is 11.8. The van der Waals surface area contributed by atoms with Crippen molar-refractivity contribution in [2.24, 2.45) is 5.10 Å². The number of hydrogen-bond acceptors (Lipinski definition) is 10. The van der Waals surface area contributed by atoms with E-state index >= 15 is 0 Å². The zero-order chi connectivity index (χ0) is 26.3. The summed E-state index contributed by atoms with van der Waals surface area (Å²) in [4.78, 5) is 45.4. The molecule has 0 atom stereocenters. The van der Waals surface area contributed by atoms with Crippen molar-refractivity contribution in [3.63, 3.8) is 0 Å². The summed E-state index contributed by atoms with van der Waals surface area (Å²) in [7, 11) is 2.45. The maximum atomic E-state index is 11.3. The lowest BCUT2D eigenvalue weighted by Gasteiger charge is -2.03. The third kappa shape index (κ3) is 6.88. The molecule has 0 spiro atoms. The second-order valence-corrected chi connectivity index (χ2v) is 7.41. The van der Waals surface area contributed by atoms with Crippen LogP contribution >= 0.6 is 23.2 Å². The number of hydrazone groups is 1. The lowest BCUT2D eigenvalue weighted by Crippen LogP contribution is -2.13. The number of carbonyl (C=O) groups excluding carboxylic acids is 2. The van der Waals surface area contributed by atoms with Crippen molar-refractivity contribution in [1.29, 1.82) is 0 Å². The Morgan fingerprint density at radius 1 is 0.971 bits per heavy atom. The molecule has 0 amide bonds. The van der Waals surface area contributed by atoms with E-state index in [2.05, 4.69) is 25.0 Å². The highest BCUT2D eigenvalue weighted by Gasteiger charge is 2.19. The molecule has 0 fully saturated rings. The number of fused-ring (bicyclic) bond motifs is 1. The summed E-state index contributed by atoms with van der Waals surface area (Å²) in [5, 5.41) is 26.2. The summed E-state index contributed by atoms with van der Waals surface area (Å²) >= 11 is 11.4. The number of halogens is 2. The van der Waals surface area contributed by atoms with E-state index in [0.717, 1.165) is 0 Å². The van der Waals surface area contributed by atoms with Gasteiger partial charge >= 0.3 is 11.9 Å². The minimum Gasteiger partial charge on any atom is -0.464 e. The van der Waals surface area contributed by atoms with Crippen molar-refractivity contribution in [1.82, 2.24) is 4.98 Å². The van der Waals surface area contributed by atoms with Crippen LogP contribution in [0, 0.1) is 20.2 Å². The van der Waals surface area contributed by atoms with Gasteiger partial charge in [0.15, 0.2) is 0 Å². The van der Waals surface area contributed by atoms with Gasteiger partial charge in [-0.05, 0) is 31.2 Å². The van der Waals surface area contributed by atoms with Gasteiger partial charge in [-0.1, -0.05) is 23.2 Å². The maximum Gasteiger partial charge on any atom is 0.354 e. The number of methoxy groups -OCH3 is 2. The summed E-state index contributed by atoms with van der Waals surface area (Å²) in [5.41, 5.74) is 2.58. The number of carbonyl (C=O) groups is 2. The van der Waals surface area contributed by atoms with Gasteiger partial charge in [0.1, 0.15) is 22.6 Å². The van der Waals surface area contributed by atoms with Gasteiger partial charge in [0, 0.05) is 27.6 Å². The molecule has 0 saturated carbocycles. The van der Waals surface area contributed by atoms with Crippen molar-refractivity contribution >= 4 is 68.8 Å². The van der Waals surface area contributed by atoms with Gasteiger partial charge in [0.2, 0.25) is 0 Å². The minimum atomic E-state index is -0.626. The Kier molecular flexibility index (Phi) is 9.08. The van der Waals surface area contributed by atoms with E-state index in [0.29, 0.717) is 5.39 Å². The number of non-ortho nitro benzene ring substituents is 1. The molecule has 2 N–H and O–H groups in total. The van der Waals surface area contributed by atoms with E-state index in [1.807, 2.05) is 0 Å². The molecule has 0 unspecified atom stereocenters. The van der Waals surface area contributed by atoms with Gasteiger partial charge < -0.3 is 14.5 Å². The molecular weight excluding hydrogens is 509 g/mol. The van der Waals surface area contributed by atoms with E-state index in [1.54, 1.807) is 0 Å². The lowest BCUT2D eigenvalue weighted by molar-refractivity contribution is -0.384. The van der Waals surface area contributed by atoms with Crippen molar-refractivity contribution in [2.45, 2.75) is 6.92 Å². The van der Waals surface area contributed by atoms with E-state index in [9.17, 15) is 29.8 Å². The molecule has 3 rings (SSSR count). The molecule has 0 saturated heterocycles. The molecule has 0 aliphatic heterocycles. The molecule has 35 heavy (non-hydrogen) atoms. The number of hydrogen-bond donors (Lipinski definition) is 2. The summed E-state index contributed by atoms with van der Waals surface area (Å²) in [6, 6.07) is 8.27. The molecule has 3 aromatic rings. The molecule has 2 aromatic carbocycles. The number of benzene rings is 2. The summed E-state index contributed by atoms with van der Waals surface area (Å²) < 4.78 is 8.96. The molecule has 15 heteroatoms. The average Bonchev–Trinajstić information content (AvgIpc) is 3.25. The van der Waals surface area contributed by atoms with Gasteiger partial charge in [-0.3, -0.25) is 25.7 Å². The molecular formula is C20H17Cl2N5O8. The number of nitrogens with zero attached hydrogens (tertiary/aromatic N) is 3. The van der Waals surface area contributed by atoms with Crippen molar-refractivity contribution in [3.05, 3.63) is 72.4 Å². The quantitative estimate of drug-likeness (QED) is 0.199. The molecule has 184 valence electrons. The number of nitrogens with one attached hydrogen (secondary N) is 2. The normalized spacial score (nSPS) is 10.7. The summed E-state index contributed by atoms with van der Waals surface area (Å²) in [6.07, 6.45) is 0. The van der Waals surface area contributed by atoms with Crippen LogP contribution in [0.15, 0.2) is 41.5 Å². The highest BCUT2D eigenvalue weighted by atomic mass is 35.5. The third-order valence-corrected chi connectivity index (χ3v) is 4.71. The zero-order valence-electron chi connectivity index (χ0n) is 18.3. The number of aromatic nitrogens is 1. The first-order chi connectivity index (χ1) is 16.5. The smallest absolute Gasteiger partial charge is 0.354 e. The fraction of sp³-hybridized carbons (Fsp3) is 0.150. The van der Waals surface area contributed by atoms with E-state index in [4.69, 9.17) is 23.2 Å². The van der Waals surface area contributed by atoms with Gasteiger partial charge in [-0.2, -0.15) is 5.10 Å².